The maximum atomic E-state index is 12.2. The summed E-state index contributed by atoms with van der Waals surface area (Å²) in [5, 5.41) is 0. The molecule has 0 atom stereocenters. The van der Waals surface area contributed by atoms with Crippen molar-refractivity contribution in [3.63, 3.8) is 0 Å². The lowest BCUT2D eigenvalue weighted by atomic mass is 9.84. The lowest BCUT2D eigenvalue weighted by Gasteiger charge is -2.38. The summed E-state index contributed by atoms with van der Waals surface area (Å²) in [5.74, 6) is 1.69. The van der Waals surface area contributed by atoms with Crippen LogP contribution in [0.4, 0.5) is 5.82 Å². The summed E-state index contributed by atoms with van der Waals surface area (Å²) in [6, 6.07) is 4.03. The average Bonchev–Trinajstić information content (AvgIpc) is 2.38. The van der Waals surface area contributed by atoms with Gasteiger partial charge < -0.3 is 9.80 Å². The molecule has 4 nitrogen and oxygen atoms in total. The molecule has 1 saturated heterocycles. The Morgan fingerprint density at radius 3 is 2.47 bits per heavy atom. The molecule has 3 rings (SSSR count). The molecule has 1 aliphatic heterocycles. The molecule has 1 saturated carbocycles. The van der Waals surface area contributed by atoms with Crippen molar-refractivity contribution < 1.29 is 4.79 Å². The van der Waals surface area contributed by atoms with Gasteiger partial charge in [0.2, 0.25) is 5.91 Å². The summed E-state index contributed by atoms with van der Waals surface area (Å²) >= 11 is 3.39. The van der Waals surface area contributed by atoms with Crippen LogP contribution < -0.4 is 4.90 Å². The molecule has 1 aromatic rings. The van der Waals surface area contributed by atoms with E-state index in [4.69, 9.17) is 0 Å². The van der Waals surface area contributed by atoms with E-state index in [9.17, 15) is 4.79 Å². The molecule has 0 bridgehead atoms. The van der Waals surface area contributed by atoms with Gasteiger partial charge in [0.25, 0.3) is 0 Å². The predicted molar refractivity (Wildman–Crippen MR) is 78.1 cm³/mol. The summed E-state index contributed by atoms with van der Waals surface area (Å²) < 4.78 is 0.995. The molecule has 0 aromatic carbocycles. The Balaban J connectivity index is 1.56. The molecule has 5 heteroatoms. The molecule has 1 aliphatic carbocycles. The van der Waals surface area contributed by atoms with Gasteiger partial charge >= 0.3 is 0 Å². The van der Waals surface area contributed by atoms with E-state index in [-0.39, 0.29) is 0 Å². The van der Waals surface area contributed by atoms with E-state index in [0.29, 0.717) is 11.8 Å². The summed E-state index contributed by atoms with van der Waals surface area (Å²) in [6.07, 6.45) is 5.22. The van der Waals surface area contributed by atoms with Crippen LogP contribution in [0.25, 0.3) is 0 Å². The van der Waals surface area contributed by atoms with Gasteiger partial charge in [-0.25, -0.2) is 4.98 Å². The Bertz CT molecular complexity index is 450. The molecule has 2 heterocycles. The van der Waals surface area contributed by atoms with Crippen molar-refractivity contribution in [2.75, 3.05) is 31.1 Å². The highest BCUT2D eigenvalue weighted by atomic mass is 79.9. The van der Waals surface area contributed by atoms with Crippen LogP contribution >= 0.6 is 15.9 Å². The number of carbonyl (C=O) groups excluding carboxylic acids is 1. The quantitative estimate of drug-likeness (QED) is 0.837. The Hall–Kier alpha value is -1.10. The number of hydrogen-bond donors (Lipinski definition) is 0. The van der Waals surface area contributed by atoms with Crippen LogP contribution in [0, 0.1) is 5.92 Å². The minimum Gasteiger partial charge on any atom is -0.353 e. The maximum absolute atomic E-state index is 12.2. The first kappa shape index (κ1) is 12.9. The van der Waals surface area contributed by atoms with Gasteiger partial charge in [0.15, 0.2) is 0 Å². The minimum atomic E-state index is 0.317. The zero-order chi connectivity index (χ0) is 13.2. The zero-order valence-electron chi connectivity index (χ0n) is 10.9. The summed E-state index contributed by atoms with van der Waals surface area (Å²) in [6.45, 7) is 3.42. The largest absolute Gasteiger partial charge is 0.353 e. The third kappa shape index (κ3) is 2.76. The second-order valence-electron chi connectivity index (χ2n) is 5.27. The Morgan fingerprint density at radius 2 is 1.95 bits per heavy atom. The van der Waals surface area contributed by atoms with Gasteiger partial charge in [-0.15, -0.1) is 0 Å². The number of pyridine rings is 1. The number of rotatable bonds is 2. The fourth-order valence-corrected chi connectivity index (χ4v) is 2.86. The maximum Gasteiger partial charge on any atom is 0.225 e. The van der Waals surface area contributed by atoms with Gasteiger partial charge in [-0.1, -0.05) is 6.42 Å². The number of anilines is 1. The van der Waals surface area contributed by atoms with E-state index >= 15 is 0 Å². The van der Waals surface area contributed by atoms with Gasteiger partial charge in [-0.05, 0) is 40.9 Å². The molecule has 19 heavy (non-hydrogen) atoms. The van der Waals surface area contributed by atoms with E-state index in [2.05, 4.69) is 25.8 Å². The molecule has 0 radical (unpaired) electrons. The second kappa shape index (κ2) is 5.49. The molecule has 2 fully saturated rings. The molecule has 1 aromatic heterocycles. The third-order valence-corrected chi connectivity index (χ3v) is 4.55. The van der Waals surface area contributed by atoms with Gasteiger partial charge in [0, 0.05) is 42.8 Å². The third-order valence-electron chi connectivity index (χ3n) is 4.08. The molecule has 102 valence electrons. The molecule has 1 amide bonds. The Labute approximate surface area is 121 Å². The van der Waals surface area contributed by atoms with Crippen LogP contribution in [-0.4, -0.2) is 42.0 Å². The van der Waals surface area contributed by atoms with Crippen molar-refractivity contribution in [1.29, 1.82) is 0 Å². The van der Waals surface area contributed by atoms with E-state index in [1.807, 2.05) is 23.2 Å². The van der Waals surface area contributed by atoms with Gasteiger partial charge in [-0.3, -0.25) is 4.79 Å². The normalized spacial score (nSPS) is 20.3. The van der Waals surface area contributed by atoms with E-state index in [0.717, 1.165) is 49.3 Å². The zero-order valence-corrected chi connectivity index (χ0v) is 12.5. The van der Waals surface area contributed by atoms with Crippen molar-refractivity contribution in [1.82, 2.24) is 9.88 Å². The number of aromatic nitrogens is 1. The minimum absolute atomic E-state index is 0.317. The number of halogens is 1. The van der Waals surface area contributed by atoms with Gasteiger partial charge in [0.05, 0.1) is 0 Å². The number of amides is 1. The van der Waals surface area contributed by atoms with Crippen molar-refractivity contribution in [3.8, 4) is 0 Å². The van der Waals surface area contributed by atoms with Crippen molar-refractivity contribution in [2.24, 2.45) is 5.92 Å². The van der Waals surface area contributed by atoms with E-state index < -0.39 is 0 Å². The van der Waals surface area contributed by atoms with Crippen molar-refractivity contribution in [3.05, 3.63) is 22.8 Å². The number of piperazine rings is 1. The van der Waals surface area contributed by atoms with Crippen LogP contribution in [0.2, 0.25) is 0 Å². The smallest absolute Gasteiger partial charge is 0.225 e. The molecule has 2 aliphatic rings. The first-order valence-electron chi connectivity index (χ1n) is 6.89. The SMILES string of the molecule is O=C(C1CCC1)N1CCN(c2ccc(Br)cn2)CC1. The highest BCUT2D eigenvalue weighted by Gasteiger charge is 2.31. The lowest BCUT2D eigenvalue weighted by Crippen LogP contribution is -2.51. The fraction of sp³-hybridized carbons (Fsp3) is 0.571. The number of carbonyl (C=O) groups is 1. The summed E-state index contributed by atoms with van der Waals surface area (Å²) in [7, 11) is 0. The van der Waals surface area contributed by atoms with Crippen LogP contribution in [-0.2, 0) is 4.79 Å². The van der Waals surface area contributed by atoms with Gasteiger partial charge in [-0.2, -0.15) is 0 Å². The average molecular weight is 324 g/mol. The fourth-order valence-electron chi connectivity index (χ4n) is 2.62. The molecular formula is C14H18BrN3O. The van der Waals surface area contributed by atoms with E-state index in [1.54, 1.807) is 0 Å². The summed E-state index contributed by atoms with van der Waals surface area (Å²) in [5.41, 5.74) is 0. The molecule has 0 spiro atoms. The van der Waals surface area contributed by atoms with Crippen molar-refractivity contribution >= 4 is 27.7 Å². The standard InChI is InChI=1S/C14H18BrN3O/c15-12-4-5-13(16-10-12)17-6-8-18(9-7-17)14(19)11-2-1-3-11/h4-5,10-11H,1-3,6-9H2. The monoisotopic (exact) mass is 323 g/mol. The number of hydrogen-bond acceptors (Lipinski definition) is 3. The van der Waals surface area contributed by atoms with Crippen LogP contribution in [0.3, 0.4) is 0 Å². The summed E-state index contributed by atoms with van der Waals surface area (Å²) in [4.78, 5) is 20.8. The molecule has 0 unspecified atom stereocenters. The predicted octanol–water partition coefficient (Wildman–Crippen LogP) is 2.29. The van der Waals surface area contributed by atoms with Crippen molar-refractivity contribution in [2.45, 2.75) is 19.3 Å². The number of nitrogens with zero attached hydrogens (tertiary/aromatic N) is 3. The second-order valence-corrected chi connectivity index (χ2v) is 6.19. The Morgan fingerprint density at radius 1 is 1.21 bits per heavy atom. The molecule has 0 N–H and O–H groups in total. The molecular weight excluding hydrogens is 306 g/mol. The van der Waals surface area contributed by atoms with Crippen LogP contribution in [0.1, 0.15) is 19.3 Å². The topological polar surface area (TPSA) is 36.4 Å². The van der Waals surface area contributed by atoms with E-state index in [1.165, 1.54) is 6.42 Å². The van der Waals surface area contributed by atoms with Gasteiger partial charge in [0.1, 0.15) is 5.82 Å². The van der Waals surface area contributed by atoms with Crippen LogP contribution in [0.15, 0.2) is 22.8 Å². The highest BCUT2D eigenvalue weighted by Crippen LogP contribution is 2.28. The lowest BCUT2D eigenvalue weighted by molar-refractivity contribution is -0.138. The first-order chi connectivity index (χ1) is 9.24. The Kier molecular flexibility index (Phi) is 3.73. The van der Waals surface area contributed by atoms with Crippen LogP contribution in [0.5, 0.6) is 0 Å². The first-order valence-corrected chi connectivity index (χ1v) is 7.68. The highest BCUT2D eigenvalue weighted by molar-refractivity contribution is 9.10.